The SMILES string of the molecule is CC(=N)[C@@]1(Oc2ccc([C@@H](Cc3ccc4ccc(C(=N)N)cc4c3)C(=O)O)cc2)CCNC1. The number of hydrogen-bond donors (Lipinski definition) is 5. The largest absolute Gasteiger partial charge is 0.481 e. The third kappa shape index (κ3) is 4.73. The zero-order valence-electron chi connectivity index (χ0n) is 18.5. The fourth-order valence-corrected chi connectivity index (χ4v) is 4.32. The van der Waals surface area contributed by atoms with Gasteiger partial charge in [-0.15, -0.1) is 0 Å². The van der Waals surface area contributed by atoms with E-state index < -0.39 is 17.5 Å². The summed E-state index contributed by atoms with van der Waals surface area (Å²) in [5, 5.41) is 30.9. The summed E-state index contributed by atoms with van der Waals surface area (Å²) in [6.07, 6.45) is 1.07. The molecule has 1 aliphatic rings. The molecule has 6 N–H and O–H groups in total. The van der Waals surface area contributed by atoms with Crippen LogP contribution >= 0.6 is 0 Å². The van der Waals surface area contributed by atoms with Crippen LogP contribution in [0.2, 0.25) is 0 Å². The molecule has 0 aliphatic carbocycles. The van der Waals surface area contributed by atoms with E-state index >= 15 is 0 Å². The summed E-state index contributed by atoms with van der Waals surface area (Å²) in [5.74, 6) is -0.978. The minimum atomic E-state index is -0.895. The predicted octanol–water partition coefficient (Wildman–Crippen LogP) is 3.69. The van der Waals surface area contributed by atoms with Gasteiger partial charge in [-0.25, -0.2) is 0 Å². The van der Waals surface area contributed by atoms with Crippen molar-refractivity contribution >= 4 is 28.3 Å². The van der Waals surface area contributed by atoms with Crippen molar-refractivity contribution in [1.29, 1.82) is 10.8 Å². The minimum absolute atomic E-state index is 0.00130. The average molecular weight is 445 g/mol. The molecular weight excluding hydrogens is 416 g/mol. The van der Waals surface area contributed by atoms with Crippen LogP contribution in [0.5, 0.6) is 5.75 Å². The number of carboxylic acid groups (broad SMARTS) is 1. The molecule has 3 aromatic rings. The summed E-state index contributed by atoms with van der Waals surface area (Å²) in [4.78, 5) is 12.1. The third-order valence-corrected chi connectivity index (χ3v) is 6.35. The molecule has 0 spiro atoms. The highest BCUT2D eigenvalue weighted by Gasteiger charge is 2.38. The number of fused-ring (bicyclic) bond motifs is 1. The van der Waals surface area contributed by atoms with Crippen molar-refractivity contribution in [1.82, 2.24) is 5.32 Å². The van der Waals surface area contributed by atoms with Crippen LogP contribution in [0.15, 0.2) is 60.7 Å². The van der Waals surface area contributed by atoms with Gasteiger partial charge in [0.2, 0.25) is 0 Å². The first kappa shape index (κ1) is 22.5. The van der Waals surface area contributed by atoms with E-state index in [0.29, 0.717) is 35.6 Å². The summed E-state index contributed by atoms with van der Waals surface area (Å²) in [7, 11) is 0. The molecule has 0 saturated carbocycles. The lowest BCUT2D eigenvalue weighted by molar-refractivity contribution is -0.138. The molecule has 1 heterocycles. The maximum absolute atomic E-state index is 12.1. The van der Waals surface area contributed by atoms with Crippen LogP contribution in [-0.4, -0.2) is 41.3 Å². The van der Waals surface area contributed by atoms with Gasteiger partial charge in [0, 0.05) is 18.5 Å². The van der Waals surface area contributed by atoms with Gasteiger partial charge in [-0.3, -0.25) is 10.2 Å². The van der Waals surface area contributed by atoms with Crippen molar-refractivity contribution in [2.24, 2.45) is 5.73 Å². The second kappa shape index (κ2) is 9.03. The maximum Gasteiger partial charge on any atom is 0.311 e. The van der Waals surface area contributed by atoms with Crippen molar-refractivity contribution in [3.63, 3.8) is 0 Å². The molecule has 0 radical (unpaired) electrons. The number of carbonyl (C=O) groups is 1. The van der Waals surface area contributed by atoms with Crippen LogP contribution in [0.3, 0.4) is 0 Å². The standard InChI is InChI=1S/C26H28N4O3/c1-16(27)26(10-11-30-15-26)33-22-8-6-19(7-9-22)23(25(31)32)13-17-2-3-18-4-5-20(24(28)29)14-21(18)12-17/h2-9,12,14,23,27,30H,10-11,13,15H2,1H3,(H3,28,29)(H,31,32)/t23-,26-/m1/s1. The predicted molar refractivity (Wildman–Crippen MR) is 130 cm³/mol. The highest BCUT2D eigenvalue weighted by atomic mass is 16.5. The zero-order valence-corrected chi connectivity index (χ0v) is 18.5. The van der Waals surface area contributed by atoms with Crippen molar-refractivity contribution in [2.75, 3.05) is 13.1 Å². The average Bonchev–Trinajstić information content (AvgIpc) is 3.27. The van der Waals surface area contributed by atoms with Crippen LogP contribution in [0.4, 0.5) is 0 Å². The number of benzene rings is 3. The first-order chi connectivity index (χ1) is 15.8. The molecular formula is C26H28N4O3. The topological polar surface area (TPSA) is 132 Å². The van der Waals surface area contributed by atoms with Crippen LogP contribution in [-0.2, 0) is 11.2 Å². The normalized spacial score (nSPS) is 18.7. The number of amidine groups is 1. The Labute approximate surface area is 192 Å². The highest BCUT2D eigenvalue weighted by Crippen LogP contribution is 2.29. The first-order valence-electron chi connectivity index (χ1n) is 10.9. The molecule has 0 unspecified atom stereocenters. The second-order valence-electron chi connectivity index (χ2n) is 8.62. The fraction of sp³-hybridized carbons (Fsp3) is 0.269. The van der Waals surface area contributed by atoms with Crippen LogP contribution in [0, 0.1) is 10.8 Å². The maximum atomic E-state index is 12.1. The number of rotatable bonds is 8. The van der Waals surface area contributed by atoms with Crippen LogP contribution < -0.4 is 15.8 Å². The number of nitrogens with one attached hydrogen (secondary N) is 3. The zero-order chi connectivity index (χ0) is 23.6. The van der Waals surface area contributed by atoms with Gasteiger partial charge in [0.1, 0.15) is 11.6 Å². The summed E-state index contributed by atoms with van der Waals surface area (Å²) in [6.45, 7) is 3.15. The molecule has 4 rings (SSSR count). The van der Waals surface area contributed by atoms with Gasteiger partial charge in [0.25, 0.3) is 0 Å². The Balaban J connectivity index is 1.56. The summed E-state index contributed by atoms with van der Waals surface area (Å²) in [6, 6.07) is 18.6. The van der Waals surface area contributed by atoms with Gasteiger partial charge >= 0.3 is 5.97 Å². The van der Waals surface area contributed by atoms with E-state index in [1.807, 2.05) is 30.3 Å². The first-order valence-corrected chi connectivity index (χ1v) is 10.9. The lowest BCUT2D eigenvalue weighted by Crippen LogP contribution is -2.44. The van der Waals surface area contributed by atoms with Crippen molar-refractivity contribution < 1.29 is 14.6 Å². The third-order valence-electron chi connectivity index (χ3n) is 6.35. The van der Waals surface area contributed by atoms with Crippen molar-refractivity contribution in [3.05, 3.63) is 77.4 Å². The monoisotopic (exact) mass is 444 g/mol. The van der Waals surface area contributed by atoms with Crippen LogP contribution in [0.25, 0.3) is 10.8 Å². The Bertz CT molecular complexity index is 1210. The molecule has 170 valence electrons. The van der Waals surface area contributed by atoms with Gasteiger partial charge in [-0.05, 0) is 60.0 Å². The highest BCUT2D eigenvalue weighted by molar-refractivity contribution is 5.99. The van der Waals surface area contributed by atoms with Crippen LogP contribution in [0.1, 0.15) is 36.0 Å². The Morgan fingerprint density at radius 3 is 2.45 bits per heavy atom. The molecule has 0 aromatic heterocycles. The van der Waals surface area contributed by atoms with E-state index in [1.54, 1.807) is 37.3 Å². The minimum Gasteiger partial charge on any atom is -0.481 e. The molecule has 7 heteroatoms. The quantitative estimate of drug-likeness (QED) is 0.267. The lowest BCUT2D eigenvalue weighted by atomic mass is 9.91. The molecule has 1 aliphatic heterocycles. The molecule has 1 fully saturated rings. The number of carboxylic acids is 1. The molecule has 0 amide bonds. The van der Waals surface area contributed by atoms with Gasteiger partial charge in [0.05, 0.1) is 11.6 Å². The number of aliphatic carboxylic acids is 1. The van der Waals surface area contributed by atoms with Gasteiger partial charge < -0.3 is 26.3 Å². The summed E-state index contributed by atoms with van der Waals surface area (Å²) in [5.41, 5.74) is 7.67. The number of nitrogen functional groups attached to an aromatic ring is 1. The summed E-state index contributed by atoms with van der Waals surface area (Å²) < 4.78 is 6.15. The lowest BCUT2D eigenvalue weighted by Gasteiger charge is -2.29. The van der Waals surface area contributed by atoms with Crippen molar-refractivity contribution in [2.45, 2.75) is 31.3 Å². The molecule has 2 atom stereocenters. The van der Waals surface area contributed by atoms with Gasteiger partial charge in [0.15, 0.2) is 5.60 Å². The van der Waals surface area contributed by atoms with E-state index in [2.05, 4.69) is 5.32 Å². The van der Waals surface area contributed by atoms with Crippen molar-refractivity contribution in [3.8, 4) is 5.75 Å². The second-order valence-corrected chi connectivity index (χ2v) is 8.62. The molecule has 0 bridgehead atoms. The molecule has 3 aromatic carbocycles. The van der Waals surface area contributed by atoms with Gasteiger partial charge in [-0.1, -0.05) is 42.5 Å². The number of nitrogens with two attached hydrogens (primary N) is 1. The Morgan fingerprint density at radius 1 is 1.12 bits per heavy atom. The Morgan fingerprint density at radius 2 is 1.85 bits per heavy atom. The Hall–Kier alpha value is -3.71. The Kier molecular flexibility index (Phi) is 6.16. The molecule has 1 saturated heterocycles. The van der Waals surface area contributed by atoms with E-state index in [4.69, 9.17) is 21.3 Å². The van der Waals surface area contributed by atoms with Gasteiger partial charge in [-0.2, -0.15) is 0 Å². The fourth-order valence-electron chi connectivity index (χ4n) is 4.32. The number of ether oxygens (including phenoxy) is 1. The number of hydrogen-bond acceptors (Lipinski definition) is 5. The smallest absolute Gasteiger partial charge is 0.311 e. The van der Waals surface area contributed by atoms with E-state index in [0.717, 1.165) is 29.3 Å². The van der Waals surface area contributed by atoms with E-state index in [1.165, 1.54) is 0 Å². The van der Waals surface area contributed by atoms with E-state index in [9.17, 15) is 9.90 Å². The molecule has 7 nitrogen and oxygen atoms in total. The summed E-state index contributed by atoms with van der Waals surface area (Å²) >= 11 is 0. The van der Waals surface area contributed by atoms with E-state index in [-0.39, 0.29) is 5.84 Å². The molecule has 33 heavy (non-hydrogen) atoms.